The summed E-state index contributed by atoms with van der Waals surface area (Å²) in [5.74, 6) is -0.810. The second kappa shape index (κ2) is 7.04. The van der Waals surface area contributed by atoms with Crippen LogP contribution in [0, 0.1) is 0 Å². The lowest BCUT2D eigenvalue weighted by Crippen LogP contribution is -2.32. The lowest BCUT2D eigenvalue weighted by molar-refractivity contribution is -0.144. The molecule has 0 radical (unpaired) electrons. The van der Waals surface area contributed by atoms with E-state index in [1.165, 1.54) is 13.3 Å². The predicted octanol–water partition coefficient (Wildman–Crippen LogP) is 2.45. The highest BCUT2D eigenvalue weighted by Crippen LogP contribution is 2.29. The summed E-state index contributed by atoms with van der Waals surface area (Å²) in [6.45, 7) is 1.43. The molecule has 0 saturated carbocycles. The Morgan fingerprint density at radius 1 is 1.12 bits per heavy atom. The SMILES string of the molecule is C[C@@H](Oc1ccc(OC(=O)C2NC=Nc3ccccc32)cc1)C(=O)O. The minimum Gasteiger partial charge on any atom is -0.479 e. The monoisotopic (exact) mass is 340 g/mol. The van der Waals surface area contributed by atoms with Gasteiger partial charge in [-0.2, -0.15) is 0 Å². The number of carboxylic acids is 1. The van der Waals surface area contributed by atoms with Crippen molar-refractivity contribution < 1.29 is 24.2 Å². The van der Waals surface area contributed by atoms with E-state index in [1.54, 1.807) is 24.3 Å². The molecule has 3 rings (SSSR count). The van der Waals surface area contributed by atoms with Crippen LogP contribution >= 0.6 is 0 Å². The Morgan fingerprint density at radius 3 is 2.52 bits per heavy atom. The molecule has 0 saturated heterocycles. The van der Waals surface area contributed by atoms with Crippen LogP contribution < -0.4 is 14.8 Å². The molecule has 0 bridgehead atoms. The van der Waals surface area contributed by atoms with Crippen LogP contribution in [0.5, 0.6) is 11.5 Å². The molecule has 2 atom stereocenters. The third kappa shape index (κ3) is 3.77. The molecule has 0 amide bonds. The molecule has 1 aliphatic rings. The van der Waals surface area contributed by atoms with Gasteiger partial charge in [-0.3, -0.25) is 0 Å². The van der Waals surface area contributed by atoms with Gasteiger partial charge >= 0.3 is 11.9 Å². The van der Waals surface area contributed by atoms with Crippen LogP contribution in [-0.2, 0) is 9.59 Å². The summed E-state index contributed by atoms with van der Waals surface area (Å²) in [6.07, 6.45) is 0.508. The topological polar surface area (TPSA) is 97.2 Å². The lowest BCUT2D eigenvalue weighted by atomic mass is 10.0. The number of esters is 1. The molecule has 2 aromatic carbocycles. The van der Waals surface area contributed by atoms with E-state index in [1.807, 2.05) is 24.3 Å². The normalized spacial score (nSPS) is 16.3. The van der Waals surface area contributed by atoms with Gasteiger partial charge in [0, 0.05) is 5.56 Å². The van der Waals surface area contributed by atoms with Crippen molar-refractivity contribution in [3.8, 4) is 11.5 Å². The smallest absolute Gasteiger partial charge is 0.344 e. The van der Waals surface area contributed by atoms with Crippen LogP contribution in [0.3, 0.4) is 0 Å². The van der Waals surface area contributed by atoms with Gasteiger partial charge in [-0.1, -0.05) is 18.2 Å². The number of aliphatic imine (C=N–C) groups is 1. The van der Waals surface area contributed by atoms with Crippen LogP contribution in [0.15, 0.2) is 53.5 Å². The number of benzene rings is 2. The molecule has 0 aromatic heterocycles. The standard InChI is InChI=1S/C18H16N2O5/c1-11(17(21)22)24-12-6-8-13(9-7-12)25-18(23)16-14-4-2-3-5-15(14)19-10-20-16/h2-11,16H,1H3,(H,19,20)(H,21,22)/t11-,16?/m1/s1. The zero-order valence-electron chi connectivity index (χ0n) is 13.4. The first kappa shape index (κ1) is 16.5. The predicted molar refractivity (Wildman–Crippen MR) is 90.3 cm³/mol. The van der Waals surface area contributed by atoms with Crippen molar-refractivity contribution in [1.29, 1.82) is 0 Å². The number of rotatable bonds is 5. The average Bonchev–Trinajstić information content (AvgIpc) is 2.62. The van der Waals surface area contributed by atoms with Crippen LogP contribution in [0.25, 0.3) is 0 Å². The second-order valence-electron chi connectivity index (χ2n) is 5.41. The molecule has 1 heterocycles. The summed E-state index contributed by atoms with van der Waals surface area (Å²) >= 11 is 0. The number of carbonyl (C=O) groups excluding carboxylic acids is 1. The van der Waals surface area contributed by atoms with E-state index >= 15 is 0 Å². The van der Waals surface area contributed by atoms with Crippen LogP contribution in [0.2, 0.25) is 0 Å². The van der Waals surface area contributed by atoms with E-state index in [0.29, 0.717) is 11.5 Å². The number of aliphatic carboxylic acids is 1. The van der Waals surface area contributed by atoms with Gasteiger partial charge in [0.1, 0.15) is 11.5 Å². The van der Waals surface area contributed by atoms with Crippen molar-refractivity contribution in [2.24, 2.45) is 4.99 Å². The van der Waals surface area contributed by atoms with Crippen molar-refractivity contribution in [2.45, 2.75) is 19.1 Å². The van der Waals surface area contributed by atoms with Crippen molar-refractivity contribution in [1.82, 2.24) is 5.32 Å². The Hall–Kier alpha value is -3.35. The minimum atomic E-state index is -1.06. The minimum absolute atomic E-state index is 0.335. The number of carboxylic acid groups (broad SMARTS) is 1. The lowest BCUT2D eigenvalue weighted by Gasteiger charge is -2.21. The molecule has 7 nitrogen and oxygen atoms in total. The summed E-state index contributed by atoms with van der Waals surface area (Å²) in [5, 5.41) is 11.7. The van der Waals surface area contributed by atoms with Crippen molar-refractivity contribution in [3.63, 3.8) is 0 Å². The van der Waals surface area contributed by atoms with Gasteiger partial charge in [0.15, 0.2) is 12.1 Å². The fraction of sp³-hybridized carbons (Fsp3) is 0.167. The molecule has 2 aromatic rings. The number of nitrogens with zero attached hydrogens (tertiary/aromatic N) is 1. The number of carbonyl (C=O) groups is 2. The quantitative estimate of drug-likeness (QED) is 0.641. The summed E-state index contributed by atoms with van der Waals surface area (Å²) in [7, 11) is 0. The number of nitrogens with one attached hydrogen (secondary N) is 1. The summed E-state index contributed by atoms with van der Waals surface area (Å²) in [5.41, 5.74) is 1.46. The van der Waals surface area contributed by atoms with E-state index in [9.17, 15) is 9.59 Å². The highest BCUT2D eigenvalue weighted by atomic mass is 16.5. The molecule has 2 N–H and O–H groups in total. The molecule has 0 aliphatic carbocycles. The number of para-hydroxylation sites is 1. The summed E-state index contributed by atoms with van der Waals surface area (Å²) in [6, 6.07) is 12.9. The molecular formula is C18H16N2O5. The van der Waals surface area contributed by atoms with E-state index < -0.39 is 24.1 Å². The number of fused-ring (bicyclic) bond motifs is 1. The second-order valence-corrected chi connectivity index (χ2v) is 5.41. The van der Waals surface area contributed by atoms with Gasteiger partial charge in [-0.05, 0) is 37.3 Å². The molecular weight excluding hydrogens is 324 g/mol. The molecule has 25 heavy (non-hydrogen) atoms. The third-order valence-electron chi connectivity index (χ3n) is 3.63. The number of hydrogen-bond donors (Lipinski definition) is 2. The first-order valence-electron chi connectivity index (χ1n) is 7.63. The van der Waals surface area contributed by atoms with Gasteiger partial charge in [0.2, 0.25) is 0 Å². The summed E-state index contributed by atoms with van der Waals surface area (Å²) < 4.78 is 10.6. The van der Waals surface area contributed by atoms with Gasteiger partial charge in [-0.15, -0.1) is 0 Å². The molecule has 1 unspecified atom stereocenters. The number of hydrogen-bond acceptors (Lipinski definition) is 6. The Labute approximate surface area is 143 Å². The summed E-state index contributed by atoms with van der Waals surface area (Å²) in [4.78, 5) is 27.4. The molecule has 0 spiro atoms. The van der Waals surface area contributed by atoms with Gasteiger partial charge < -0.3 is 19.9 Å². The Balaban J connectivity index is 1.67. The zero-order valence-corrected chi connectivity index (χ0v) is 13.4. The molecule has 1 aliphatic heterocycles. The maximum atomic E-state index is 12.4. The van der Waals surface area contributed by atoms with Crippen molar-refractivity contribution >= 4 is 24.0 Å². The average molecular weight is 340 g/mol. The fourth-order valence-corrected chi connectivity index (χ4v) is 2.33. The van der Waals surface area contributed by atoms with E-state index in [0.717, 1.165) is 11.3 Å². The molecule has 128 valence electrons. The maximum Gasteiger partial charge on any atom is 0.344 e. The third-order valence-corrected chi connectivity index (χ3v) is 3.63. The fourth-order valence-electron chi connectivity index (χ4n) is 2.33. The molecule has 7 heteroatoms. The largest absolute Gasteiger partial charge is 0.479 e. The van der Waals surface area contributed by atoms with Gasteiger partial charge in [0.05, 0.1) is 12.0 Å². The first-order chi connectivity index (χ1) is 12.0. The van der Waals surface area contributed by atoms with Gasteiger partial charge in [-0.25, -0.2) is 14.6 Å². The Kier molecular flexibility index (Phi) is 4.65. The highest BCUT2D eigenvalue weighted by Gasteiger charge is 2.26. The van der Waals surface area contributed by atoms with Gasteiger partial charge in [0.25, 0.3) is 0 Å². The van der Waals surface area contributed by atoms with Crippen LogP contribution in [0.1, 0.15) is 18.5 Å². The van der Waals surface area contributed by atoms with Crippen molar-refractivity contribution in [2.75, 3.05) is 0 Å². The Morgan fingerprint density at radius 2 is 1.80 bits per heavy atom. The number of ether oxygens (including phenoxy) is 2. The maximum absolute atomic E-state index is 12.4. The zero-order chi connectivity index (χ0) is 17.8. The first-order valence-corrected chi connectivity index (χ1v) is 7.63. The van der Waals surface area contributed by atoms with Crippen LogP contribution in [-0.4, -0.2) is 29.5 Å². The Bertz CT molecular complexity index is 816. The highest BCUT2D eigenvalue weighted by molar-refractivity contribution is 5.86. The van der Waals surface area contributed by atoms with E-state index in [4.69, 9.17) is 14.6 Å². The van der Waals surface area contributed by atoms with E-state index in [-0.39, 0.29) is 0 Å². The molecule has 0 fully saturated rings. The van der Waals surface area contributed by atoms with Crippen LogP contribution in [0.4, 0.5) is 5.69 Å². The van der Waals surface area contributed by atoms with E-state index in [2.05, 4.69) is 10.3 Å². The van der Waals surface area contributed by atoms with Crippen molar-refractivity contribution in [3.05, 3.63) is 54.1 Å².